The second-order valence-corrected chi connectivity index (χ2v) is 4.23. The molecular formula is C11H17NS. The number of hydrogen-bond donors (Lipinski definition) is 1. The van der Waals surface area contributed by atoms with Crippen LogP contribution in [0, 0.1) is 0 Å². The first-order valence-corrected chi connectivity index (χ1v) is 5.77. The van der Waals surface area contributed by atoms with Crippen LogP contribution >= 0.6 is 11.8 Å². The maximum absolute atomic E-state index is 5.89. The molecule has 72 valence electrons. The van der Waals surface area contributed by atoms with Crippen molar-refractivity contribution in [3.8, 4) is 0 Å². The fourth-order valence-electron chi connectivity index (χ4n) is 1.20. The SMILES string of the molecule is CCCSc1ccc(CC)c(N)c1. The van der Waals surface area contributed by atoms with Gasteiger partial charge in [-0.3, -0.25) is 0 Å². The molecule has 13 heavy (non-hydrogen) atoms. The van der Waals surface area contributed by atoms with E-state index in [-0.39, 0.29) is 0 Å². The predicted octanol–water partition coefficient (Wildman–Crippen LogP) is 3.33. The Bertz CT molecular complexity index is 271. The van der Waals surface area contributed by atoms with Gasteiger partial charge in [0.1, 0.15) is 0 Å². The molecule has 0 amide bonds. The van der Waals surface area contributed by atoms with Crippen LogP contribution in [0.5, 0.6) is 0 Å². The molecule has 0 aliphatic heterocycles. The van der Waals surface area contributed by atoms with Gasteiger partial charge in [0.05, 0.1) is 0 Å². The van der Waals surface area contributed by atoms with Gasteiger partial charge in [0.15, 0.2) is 0 Å². The molecule has 0 atom stereocenters. The van der Waals surface area contributed by atoms with Crippen molar-refractivity contribution in [3.63, 3.8) is 0 Å². The number of hydrogen-bond acceptors (Lipinski definition) is 2. The molecule has 1 aromatic carbocycles. The molecule has 0 saturated heterocycles. The van der Waals surface area contributed by atoms with Crippen molar-refractivity contribution in [2.45, 2.75) is 31.6 Å². The molecule has 2 heteroatoms. The summed E-state index contributed by atoms with van der Waals surface area (Å²) in [5.41, 5.74) is 8.07. The van der Waals surface area contributed by atoms with E-state index >= 15 is 0 Å². The zero-order chi connectivity index (χ0) is 9.68. The second-order valence-electron chi connectivity index (χ2n) is 3.06. The Hall–Kier alpha value is -0.630. The summed E-state index contributed by atoms with van der Waals surface area (Å²) in [7, 11) is 0. The number of rotatable bonds is 4. The third kappa shape index (κ3) is 2.96. The van der Waals surface area contributed by atoms with E-state index in [4.69, 9.17) is 5.73 Å². The zero-order valence-electron chi connectivity index (χ0n) is 8.34. The van der Waals surface area contributed by atoms with Crippen LogP contribution in [-0.4, -0.2) is 5.75 Å². The lowest BCUT2D eigenvalue weighted by molar-refractivity contribution is 1.10. The molecule has 1 nitrogen and oxygen atoms in total. The van der Waals surface area contributed by atoms with Crippen molar-refractivity contribution in [2.75, 3.05) is 11.5 Å². The number of thioether (sulfide) groups is 1. The summed E-state index contributed by atoms with van der Waals surface area (Å²) in [6.07, 6.45) is 2.23. The first-order valence-electron chi connectivity index (χ1n) is 4.79. The number of nitrogen functional groups attached to an aromatic ring is 1. The molecule has 0 fully saturated rings. The lowest BCUT2D eigenvalue weighted by Gasteiger charge is -2.05. The molecule has 0 bridgehead atoms. The highest BCUT2D eigenvalue weighted by atomic mass is 32.2. The van der Waals surface area contributed by atoms with Crippen LogP contribution in [0.1, 0.15) is 25.8 Å². The van der Waals surface area contributed by atoms with Crippen molar-refractivity contribution in [2.24, 2.45) is 0 Å². The Balaban J connectivity index is 2.71. The number of anilines is 1. The summed E-state index contributed by atoms with van der Waals surface area (Å²) in [4.78, 5) is 1.29. The molecule has 0 radical (unpaired) electrons. The first-order chi connectivity index (χ1) is 6.27. The minimum atomic E-state index is 0.934. The summed E-state index contributed by atoms with van der Waals surface area (Å²) >= 11 is 1.87. The van der Waals surface area contributed by atoms with Gasteiger partial charge < -0.3 is 5.73 Å². The highest BCUT2D eigenvalue weighted by Gasteiger charge is 1.98. The lowest BCUT2D eigenvalue weighted by Crippen LogP contribution is -1.92. The van der Waals surface area contributed by atoms with Crippen LogP contribution in [0.2, 0.25) is 0 Å². The Kier molecular flexibility index (Phi) is 4.16. The molecule has 2 N–H and O–H groups in total. The molecule has 0 aliphatic carbocycles. The standard InChI is InChI=1S/C11H17NS/c1-3-7-13-10-6-5-9(4-2)11(12)8-10/h5-6,8H,3-4,7,12H2,1-2H3. The smallest absolute Gasteiger partial charge is 0.0357 e. The Labute approximate surface area is 84.7 Å². The van der Waals surface area contributed by atoms with Gasteiger partial charge in [0, 0.05) is 10.6 Å². The molecule has 0 saturated carbocycles. The molecule has 0 aliphatic rings. The molecule has 1 rings (SSSR count). The quantitative estimate of drug-likeness (QED) is 0.589. The van der Waals surface area contributed by atoms with Crippen molar-refractivity contribution in [3.05, 3.63) is 23.8 Å². The average Bonchev–Trinajstić information content (AvgIpc) is 2.15. The second kappa shape index (κ2) is 5.18. The van der Waals surface area contributed by atoms with Crippen molar-refractivity contribution in [1.82, 2.24) is 0 Å². The van der Waals surface area contributed by atoms with Gasteiger partial charge in [0.2, 0.25) is 0 Å². The van der Waals surface area contributed by atoms with Crippen LogP contribution in [0.25, 0.3) is 0 Å². The summed E-state index contributed by atoms with van der Waals surface area (Å²) in [6.45, 7) is 4.32. The van der Waals surface area contributed by atoms with E-state index in [2.05, 4.69) is 32.0 Å². The third-order valence-electron chi connectivity index (χ3n) is 1.97. The van der Waals surface area contributed by atoms with E-state index in [1.54, 1.807) is 0 Å². The van der Waals surface area contributed by atoms with E-state index in [0.717, 1.165) is 12.1 Å². The van der Waals surface area contributed by atoms with Gasteiger partial charge in [-0.2, -0.15) is 0 Å². The van der Waals surface area contributed by atoms with Crippen LogP contribution in [0.15, 0.2) is 23.1 Å². The van der Waals surface area contributed by atoms with Gasteiger partial charge in [-0.15, -0.1) is 11.8 Å². The fraction of sp³-hybridized carbons (Fsp3) is 0.455. The van der Waals surface area contributed by atoms with Crippen LogP contribution in [0.4, 0.5) is 5.69 Å². The zero-order valence-corrected chi connectivity index (χ0v) is 9.16. The largest absolute Gasteiger partial charge is 0.398 e. The van der Waals surface area contributed by atoms with Gasteiger partial charge >= 0.3 is 0 Å². The summed E-state index contributed by atoms with van der Waals surface area (Å²) in [5.74, 6) is 1.17. The van der Waals surface area contributed by atoms with Crippen molar-refractivity contribution in [1.29, 1.82) is 0 Å². The van der Waals surface area contributed by atoms with Gasteiger partial charge in [-0.05, 0) is 36.3 Å². The van der Waals surface area contributed by atoms with E-state index in [1.807, 2.05) is 11.8 Å². The Morgan fingerprint density at radius 3 is 2.62 bits per heavy atom. The average molecular weight is 195 g/mol. The molecule has 0 heterocycles. The maximum atomic E-state index is 5.89. The van der Waals surface area contributed by atoms with E-state index in [9.17, 15) is 0 Å². The van der Waals surface area contributed by atoms with E-state index in [1.165, 1.54) is 22.6 Å². The maximum Gasteiger partial charge on any atom is 0.0357 e. The third-order valence-corrected chi connectivity index (χ3v) is 3.17. The van der Waals surface area contributed by atoms with E-state index < -0.39 is 0 Å². The highest BCUT2D eigenvalue weighted by Crippen LogP contribution is 2.23. The normalized spacial score (nSPS) is 10.3. The van der Waals surface area contributed by atoms with Gasteiger partial charge in [-0.1, -0.05) is 19.9 Å². The minimum absolute atomic E-state index is 0.934. The number of aryl methyl sites for hydroxylation is 1. The molecule has 1 aromatic rings. The van der Waals surface area contributed by atoms with Crippen molar-refractivity contribution < 1.29 is 0 Å². The molecule has 0 unspecified atom stereocenters. The Morgan fingerprint density at radius 2 is 2.08 bits per heavy atom. The lowest BCUT2D eigenvalue weighted by atomic mass is 10.1. The number of nitrogens with two attached hydrogens (primary N) is 1. The summed E-state index contributed by atoms with van der Waals surface area (Å²) < 4.78 is 0. The summed E-state index contributed by atoms with van der Waals surface area (Å²) in [6, 6.07) is 6.38. The monoisotopic (exact) mass is 195 g/mol. The van der Waals surface area contributed by atoms with Gasteiger partial charge in [0.25, 0.3) is 0 Å². The van der Waals surface area contributed by atoms with Crippen LogP contribution in [-0.2, 0) is 6.42 Å². The molecule has 0 spiro atoms. The summed E-state index contributed by atoms with van der Waals surface area (Å²) in [5, 5.41) is 0. The Morgan fingerprint density at radius 1 is 1.31 bits per heavy atom. The van der Waals surface area contributed by atoms with Crippen molar-refractivity contribution >= 4 is 17.4 Å². The molecular weight excluding hydrogens is 178 g/mol. The van der Waals surface area contributed by atoms with Crippen LogP contribution < -0.4 is 5.73 Å². The first kappa shape index (κ1) is 10.5. The van der Waals surface area contributed by atoms with E-state index in [0.29, 0.717) is 0 Å². The predicted molar refractivity (Wildman–Crippen MR) is 61.2 cm³/mol. The minimum Gasteiger partial charge on any atom is -0.398 e. The van der Waals surface area contributed by atoms with Crippen LogP contribution in [0.3, 0.4) is 0 Å². The molecule has 0 aromatic heterocycles. The highest BCUT2D eigenvalue weighted by molar-refractivity contribution is 7.99. The van der Waals surface area contributed by atoms with Gasteiger partial charge in [-0.25, -0.2) is 0 Å². The topological polar surface area (TPSA) is 26.0 Å². The fourth-order valence-corrected chi connectivity index (χ4v) is 2.02. The number of benzene rings is 1.